The molecule has 0 saturated heterocycles. The maximum Gasteiger partial charge on any atom is 0.266 e. The lowest BCUT2D eigenvalue weighted by Gasteiger charge is -2.11. The van der Waals surface area contributed by atoms with Crippen LogP contribution in [0.3, 0.4) is 0 Å². The zero-order valence-corrected chi connectivity index (χ0v) is 94.5. The van der Waals surface area contributed by atoms with E-state index < -0.39 is 22.2 Å². The number of aromatic nitrogens is 10. The molecule has 5 aromatic carbocycles. The molecule has 786 valence electrons. The summed E-state index contributed by atoms with van der Waals surface area (Å²) in [6.45, 7) is 45.8. The molecule has 8 aromatic heterocycles. The number of rotatable bonds is 48. The number of aromatic amines is 4. The summed E-state index contributed by atoms with van der Waals surface area (Å²) in [4.78, 5) is 103. The van der Waals surface area contributed by atoms with E-state index in [1.165, 1.54) is 125 Å². The van der Waals surface area contributed by atoms with Crippen molar-refractivity contribution in [3.63, 3.8) is 0 Å². The lowest BCUT2D eigenvalue weighted by atomic mass is 9.92. The van der Waals surface area contributed by atoms with Gasteiger partial charge in [-0.3, -0.25) is 19.2 Å². The van der Waals surface area contributed by atoms with Gasteiger partial charge >= 0.3 is 0 Å². The monoisotopic (exact) mass is 2010 g/mol. The lowest BCUT2D eigenvalue weighted by molar-refractivity contribution is 0.667. The van der Waals surface area contributed by atoms with Gasteiger partial charge in [0.15, 0.2) is 0 Å². The van der Waals surface area contributed by atoms with Crippen LogP contribution in [0.25, 0.3) is 166 Å². The summed E-state index contributed by atoms with van der Waals surface area (Å²) in [6.07, 6.45) is 42.9. The van der Waals surface area contributed by atoms with Crippen LogP contribution in [0.2, 0.25) is 0 Å². The van der Waals surface area contributed by atoms with Crippen LogP contribution in [0.1, 0.15) is 455 Å². The number of nitrogens with one attached hydrogen (secondary N) is 4. The van der Waals surface area contributed by atoms with Crippen molar-refractivity contribution >= 4 is 110 Å². The van der Waals surface area contributed by atoms with Crippen molar-refractivity contribution in [2.24, 2.45) is 0 Å². The summed E-state index contributed by atoms with van der Waals surface area (Å²) in [7, 11) is 0. The number of hydrogen-bond acceptors (Lipinski definition) is 8. The van der Waals surface area contributed by atoms with Crippen LogP contribution in [0.4, 0.5) is 0 Å². The minimum absolute atomic E-state index is 0.0715. The van der Waals surface area contributed by atoms with Crippen LogP contribution in [0.15, 0.2) is 153 Å². The van der Waals surface area contributed by atoms with Gasteiger partial charge in [0.2, 0.25) is 0 Å². The Kier molecular flexibility index (Phi) is 35.8. The Hall–Kier alpha value is -12.4. The zero-order chi connectivity index (χ0) is 106. The van der Waals surface area contributed by atoms with Gasteiger partial charge in [-0.1, -0.05) is 310 Å². The van der Waals surface area contributed by atoms with Gasteiger partial charge in [-0.2, -0.15) is 0 Å². The molecule has 17 rings (SSSR count). The first-order valence-electron chi connectivity index (χ1n) is 58.6. The first-order valence-corrected chi connectivity index (χ1v) is 58.6. The molecule has 13 aromatic rings. The summed E-state index contributed by atoms with van der Waals surface area (Å²) in [5, 5.41) is 0.286. The molecule has 14 nitrogen and oxygen atoms in total. The van der Waals surface area contributed by atoms with Crippen molar-refractivity contribution in [2.75, 3.05) is 0 Å². The second-order valence-corrected chi connectivity index (χ2v) is 44.9. The number of hydrogen-bond donors (Lipinski definition) is 4. The van der Waals surface area contributed by atoms with E-state index in [1.54, 1.807) is 0 Å². The molecule has 4 aliphatic rings. The Bertz CT molecular complexity index is 7340. The highest BCUT2D eigenvalue weighted by molar-refractivity contribution is 6.07. The highest BCUT2D eigenvalue weighted by atomic mass is 16.2. The second-order valence-electron chi connectivity index (χ2n) is 44.9. The van der Waals surface area contributed by atoms with E-state index in [4.69, 9.17) is 19.9 Å². The number of nitrogens with zero attached hydrogens (tertiary/aromatic N) is 6. The van der Waals surface area contributed by atoms with Crippen LogP contribution in [0, 0.1) is 27.7 Å². The van der Waals surface area contributed by atoms with Gasteiger partial charge in [0.25, 0.3) is 22.2 Å². The number of aryl methyl sites for hydroxylation is 8. The molecule has 4 aliphatic heterocycles. The molecular formula is C136H168N10O4. The quantitative estimate of drug-likeness (QED) is 0.0271. The fraction of sp³-hybridized carbons (Fsp3) is 0.456. The van der Waals surface area contributed by atoms with Crippen LogP contribution < -0.4 is 22.2 Å². The number of benzene rings is 5. The summed E-state index contributed by atoms with van der Waals surface area (Å²) in [5.74, 6) is 0.760. The van der Waals surface area contributed by atoms with Crippen LogP contribution in [-0.4, -0.2) is 49.0 Å². The minimum Gasteiger partial charge on any atom is -0.354 e. The predicted molar refractivity (Wildman–Crippen MR) is 642 cm³/mol. The Balaban J connectivity index is 0.828. The van der Waals surface area contributed by atoms with Gasteiger partial charge in [0.05, 0.1) is 101 Å². The third-order valence-electron chi connectivity index (χ3n) is 33.8. The molecule has 0 fully saturated rings. The Morgan fingerprint density at radius 3 is 0.627 bits per heavy atom. The van der Waals surface area contributed by atoms with Crippen LogP contribution >= 0.6 is 0 Å². The van der Waals surface area contributed by atoms with Gasteiger partial charge in [0, 0.05) is 44.3 Å². The molecule has 0 spiro atoms. The second kappa shape index (κ2) is 49.3. The maximum atomic E-state index is 15.6. The molecular weight excluding hydrogens is 1840 g/mol. The molecule has 0 unspecified atom stereocenters. The molecule has 0 radical (unpaired) electrons. The first-order chi connectivity index (χ1) is 72.8. The SMILES string of the molecule is CCCCCCC1=C(C)c2nc1cc1[nH]c(c(C)c1CCCCCC)c(-c1ccc(C(C)C)cc1)c1nc(cc3[nH]c(c(C)c3CCCCCC)c2-c2ccc(-n3c(=O)c4cc5c(=O)n(-c6ccc(-c7c8nc(cc9[nH]c(c(C)c9CCCCCC)c(-c9ccc(C(C)C)cc9)c9nc(cc%10[nH]c7c(C)c%10CCCCCC)C(CCCCCC)=C9C)C(CCCCCC)=C8C)cc6)c(=O)c5cc4c3=O)cc2)C(CCCCCC)=C1C. The standard InChI is InChI=1S/C136H168N10O4/c1-21-29-37-45-53-101-85(13)125-121(95-65-61-93(62-66-95)83(9)10)126-86(14)102(54-46-38-30-22-2)114(138-126)80-118-106(58-50-42-34-26-6)90(18)130(142-118)123(129-89(17)105(57-49-41-33-25-5)117(141-129)79-113(101)137-125)97-69-73-99(74-70-97)145-133(147)109-77-111-112(78-110(109)134(145)148)136(150)146(135(111)149)100-75-71-98(72-76-100)124-131-91(19)107(59-51-43-35-27-7)119(143-131)81-115-103(55-47-39-31-23-3)87(15)127(139-115)122(96-67-63-94(64-68-96)84(11)12)128-88(16)104(56-48-40-32-24-4)116(140-128)82-120-108(60-52-44-36-28-8)92(20)132(124)144-120/h61-84,137,139,142,144H,21-60H2,1-20H3. The highest BCUT2D eigenvalue weighted by Gasteiger charge is 2.33. The fourth-order valence-electron chi connectivity index (χ4n) is 24.6. The zero-order valence-electron chi connectivity index (χ0n) is 94.5. The number of allylic oxidation sites excluding steroid dienone is 8. The molecule has 4 N–H and O–H groups in total. The molecule has 14 heteroatoms. The van der Waals surface area contributed by atoms with Gasteiger partial charge in [-0.05, 0) is 353 Å². The Morgan fingerprint density at radius 2 is 0.433 bits per heavy atom. The number of fused-ring (bicyclic) bond motifs is 18. The average molecular weight is 2010 g/mol. The van der Waals surface area contributed by atoms with Crippen LogP contribution in [0.5, 0.6) is 0 Å². The van der Waals surface area contributed by atoms with Crippen molar-refractivity contribution in [1.29, 1.82) is 0 Å². The van der Waals surface area contributed by atoms with Gasteiger partial charge in [-0.25, -0.2) is 29.1 Å². The summed E-state index contributed by atoms with van der Waals surface area (Å²) < 4.78 is 2.43. The molecule has 0 aliphatic carbocycles. The van der Waals surface area contributed by atoms with E-state index in [2.05, 4.69) is 231 Å². The maximum absolute atomic E-state index is 15.6. The van der Waals surface area contributed by atoms with Gasteiger partial charge < -0.3 is 19.9 Å². The summed E-state index contributed by atoms with van der Waals surface area (Å²) >= 11 is 0. The lowest BCUT2D eigenvalue weighted by Crippen LogP contribution is -2.24. The van der Waals surface area contributed by atoms with Crippen molar-refractivity contribution in [3.8, 4) is 55.9 Å². The van der Waals surface area contributed by atoms with Gasteiger partial charge in [0.1, 0.15) is 0 Å². The van der Waals surface area contributed by atoms with E-state index in [9.17, 15) is 0 Å². The third-order valence-corrected chi connectivity index (χ3v) is 33.8. The Labute approximate surface area is 892 Å². The molecule has 150 heavy (non-hydrogen) atoms. The van der Waals surface area contributed by atoms with E-state index in [0.29, 0.717) is 23.2 Å². The van der Waals surface area contributed by atoms with Gasteiger partial charge in [-0.15, -0.1) is 0 Å². The van der Waals surface area contributed by atoms with Crippen molar-refractivity contribution in [2.45, 2.75) is 407 Å². The van der Waals surface area contributed by atoms with E-state index >= 15 is 19.2 Å². The van der Waals surface area contributed by atoms with E-state index in [1.807, 2.05) is 48.5 Å². The summed E-state index contributed by atoms with van der Waals surface area (Å²) in [6, 6.07) is 46.8. The molecule has 0 atom stereocenters. The minimum atomic E-state index is -0.566. The number of H-pyrrole nitrogens is 4. The topological polar surface area (TPSA) is 193 Å². The normalized spacial score (nSPS) is 13.1. The average Bonchev–Trinajstić information content (AvgIpc) is 1.55. The number of unbranched alkanes of at least 4 members (excludes halogenated alkanes) is 24. The van der Waals surface area contributed by atoms with Crippen molar-refractivity contribution < 1.29 is 0 Å². The molecule has 12 heterocycles. The molecule has 0 saturated carbocycles. The summed E-state index contributed by atoms with van der Waals surface area (Å²) in [5.41, 5.74) is 45.3. The highest BCUT2D eigenvalue weighted by Crippen LogP contribution is 2.50. The smallest absolute Gasteiger partial charge is 0.266 e. The van der Waals surface area contributed by atoms with Crippen LogP contribution in [-0.2, 0) is 25.7 Å². The predicted octanol–water partition coefficient (Wildman–Crippen LogP) is 37.4. The van der Waals surface area contributed by atoms with Crippen molar-refractivity contribution in [1.82, 2.24) is 49.0 Å². The molecule has 16 bridgehead atoms. The van der Waals surface area contributed by atoms with E-state index in [-0.39, 0.29) is 21.5 Å². The third kappa shape index (κ3) is 22.3. The Morgan fingerprint density at radius 1 is 0.240 bits per heavy atom. The molecule has 0 amide bonds. The fourth-order valence-corrected chi connectivity index (χ4v) is 24.6. The van der Waals surface area contributed by atoms with E-state index in [0.717, 1.165) is 388 Å². The largest absolute Gasteiger partial charge is 0.354 e. The van der Waals surface area contributed by atoms with Crippen molar-refractivity contribution in [3.05, 3.63) is 276 Å². The first kappa shape index (κ1) is 109.